The number of fused-ring (bicyclic) bond motifs is 1. The van der Waals surface area contributed by atoms with Crippen LogP contribution in [0.15, 0.2) is 58.3 Å². The van der Waals surface area contributed by atoms with Gasteiger partial charge in [-0.2, -0.15) is 0 Å². The lowest BCUT2D eigenvalue weighted by atomic mass is 10.1. The van der Waals surface area contributed by atoms with Crippen LogP contribution < -0.4 is 16.0 Å². The minimum absolute atomic E-state index is 0.00156. The fourth-order valence-corrected chi connectivity index (χ4v) is 4.32. The van der Waals surface area contributed by atoms with E-state index in [1.807, 2.05) is 0 Å². The van der Waals surface area contributed by atoms with E-state index in [1.165, 1.54) is 55.8 Å². The highest BCUT2D eigenvalue weighted by atomic mass is 35.5. The summed E-state index contributed by atoms with van der Waals surface area (Å²) in [7, 11) is 0. The van der Waals surface area contributed by atoms with Crippen molar-refractivity contribution in [2.75, 3.05) is 0 Å². The number of aliphatic hydroxyl groups is 1. The van der Waals surface area contributed by atoms with Gasteiger partial charge >= 0.3 is 5.69 Å². The van der Waals surface area contributed by atoms with E-state index in [-0.39, 0.29) is 46.9 Å². The van der Waals surface area contributed by atoms with E-state index < -0.39 is 40.3 Å². The molecule has 2 heterocycles. The zero-order valence-corrected chi connectivity index (χ0v) is 22.0. The molecule has 0 spiro atoms. The van der Waals surface area contributed by atoms with Gasteiger partial charge < -0.3 is 14.4 Å². The fraction of sp³-hybridized carbons (Fsp3) is 0.259. The number of hydrogen-bond donors (Lipinski definition) is 1. The molecule has 4 rings (SSSR count). The molecule has 0 aliphatic rings. The van der Waals surface area contributed by atoms with Gasteiger partial charge in [-0.1, -0.05) is 17.7 Å². The van der Waals surface area contributed by atoms with Crippen LogP contribution in [0.25, 0.3) is 11.0 Å². The van der Waals surface area contributed by atoms with Gasteiger partial charge in [0.25, 0.3) is 5.56 Å². The van der Waals surface area contributed by atoms with Crippen molar-refractivity contribution >= 4 is 34.4 Å². The van der Waals surface area contributed by atoms with Crippen molar-refractivity contribution in [3.8, 4) is 5.75 Å². The van der Waals surface area contributed by atoms with Gasteiger partial charge in [-0.3, -0.25) is 14.4 Å². The van der Waals surface area contributed by atoms with Gasteiger partial charge in [0.05, 0.1) is 29.6 Å². The Hall–Kier alpha value is -4.09. The van der Waals surface area contributed by atoms with Crippen molar-refractivity contribution in [2.24, 2.45) is 0 Å². The molecule has 0 fully saturated rings. The molecule has 12 heteroatoms. The lowest BCUT2D eigenvalue weighted by molar-refractivity contribution is 0.0530. The number of benzene rings is 2. The van der Waals surface area contributed by atoms with Gasteiger partial charge in [-0.15, -0.1) is 0 Å². The molecule has 4 aromatic rings. The zero-order chi connectivity index (χ0) is 28.6. The molecule has 0 bridgehead atoms. The van der Waals surface area contributed by atoms with Crippen LogP contribution in [-0.4, -0.2) is 36.2 Å². The molecule has 39 heavy (non-hydrogen) atoms. The Morgan fingerprint density at radius 1 is 1.03 bits per heavy atom. The third-order valence-corrected chi connectivity index (χ3v) is 6.22. The normalized spacial score (nSPS) is 11.7. The van der Waals surface area contributed by atoms with Crippen molar-refractivity contribution in [3.63, 3.8) is 0 Å². The highest BCUT2D eigenvalue weighted by molar-refractivity contribution is 6.31. The van der Waals surface area contributed by atoms with Crippen LogP contribution in [0.2, 0.25) is 5.02 Å². The van der Waals surface area contributed by atoms with E-state index in [1.54, 1.807) is 6.07 Å². The van der Waals surface area contributed by atoms with Crippen molar-refractivity contribution in [3.05, 3.63) is 97.3 Å². The Bertz CT molecular complexity index is 1730. The summed E-state index contributed by atoms with van der Waals surface area (Å²) in [5.41, 5.74) is -1.95. The van der Waals surface area contributed by atoms with Gasteiger partial charge in [0.1, 0.15) is 29.0 Å². The Morgan fingerprint density at radius 2 is 1.74 bits per heavy atom. The predicted octanol–water partition coefficient (Wildman–Crippen LogP) is 3.98. The van der Waals surface area contributed by atoms with Crippen LogP contribution in [0.3, 0.4) is 0 Å². The monoisotopic (exact) mass is 559 g/mol. The zero-order valence-electron chi connectivity index (χ0n) is 21.2. The molecule has 0 unspecified atom stereocenters. The second-order valence-corrected chi connectivity index (χ2v) is 10.0. The fourth-order valence-electron chi connectivity index (χ4n) is 4.09. The van der Waals surface area contributed by atoms with Crippen LogP contribution in [0, 0.1) is 11.6 Å². The Balaban J connectivity index is 1.66. The van der Waals surface area contributed by atoms with E-state index in [0.717, 1.165) is 21.3 Å². The number of ether oxygens (including phenoxy) is 1. The molecule has 0 atom stereocenters. The molecule has 9 nitrogen and oxygen atoms in total. The average Bonchev–Trinajstić information content (AvgIpc) is 3.12. The number of aromatic nitrogens is 3. The molecule has 2 aromatic carbocycles. The first-order chi connectivity index (χ1) is 18.3. The van der Waals surface area contributed by atoms with Gasteiger partial charge in [0.2, 0.25) is 11.8 Å². The Morgan fingerprint density at radius 3 is 2.38 bits per heavy atom. The maximum atomic E-state index is 13.9. The minimum Gasteiger partial charge on any atom is -0.487 e. The topological polar surface area (TPSA) is 113 Å². The molecule has 0 aliphatic carbocycles. The van der Waals surface area contributed by atoms with Crippen molar-refractivity contribution < 1.29 is 28.2 Å². The summed E-state index contributed by atoms with van der Waals surface area (Å²) in [6, 6.07) is 9.02. The van der Waals surface area contributed by atoms with Crippen molar-refractivity contribution in [1.82, 2.24) is 13.7 Å². The second-order valence-electron chi connectivity index (χ2n) is 9.63. The van der Waals surface area contributed by atoms with Crippen molar-refractivity contribution in [1.29, 1.82) is 0 Å². The number of imidazole rings is 1. The molecule has 0 saturated heterocycles. The van der Waals surface area contributed by atoms with Crippen LogP contribution >= 0.6 is 11.6 Å². The van der Waals surface area contributed by atoms with Gasteiger partial charge in [-0.25, -0.2) is 22.7 Å². The second kappa shape index (κ2) is 10.6. The highest BCUT2D eigenvalue weighted by Crippen LogP contribution is 2.23. The number of rotatable bonds is 7. The van der Waals surface area contributed by atoms with E-state index in [9.17, 15) is 33.1 Å². The maximum absolute atomic E-state index is 13.9. The quantitative estimate of drug-likeness (QED) is 0.366. The molecule has 2 aromatic heterocycles. The number of pyridine rings is 1. The maximum Gasteiger partial charge on any atom is 0.342 e. The van der Waals surface area contributed by atoms with Crippen molar-refractivity contribution in [2.45, 2.75) is 45.9 Å². The first kappa shape index (κ1) is 27.9. The molecule has 0 amide bonds. The van der Waals surface area contributed by atoms with Crippen LogP contribution in [-0.2, 0) is 13.2 Å². The molecule has 0 saturated carbocycles. The lowest BCUT2D eigenvalue weighted by Gasteiger charge is -2.15. The summed E-state index contributed by atoms with van der Waals surface area (Å²) in [5, 5.41) is 9.82. The highest BCUT2D eigenvalue weighted by Gasteiger charge is 2.25. The molecular formula is C27H24ClF2N3O6. The first-order valence-corrected chi connectivity index (χ1v) is 12.1. The number of carbonyl (C=O) groups excluding carboxylic acids is 2. The largest absolute Gasteiger partial charge is 0.487 e. The molecule has 204 valence electrons. The van der Waals surface area contributed by atoms with Crippen LogP contribution in [0.1, 0.15) is 47.9 Å². The number of halogens is 3. The molecule has 1 N–H and O–H groups in total. The standard InChI is InChI=1S/C27H24ClF2N3O6/c1-15(34)32-20-7-4-16(10-21(20)33(26(32)37)23(35)12-27(2,3)38)13-31-9-8-22(24(28)25(31)36)39-14-17-5-6-18(29)11-19(17)30/h4-11,38H,12-14H2,1-3H3. The lowest BCUT2D eigenvalue weighted by Crippen LogP contribution is -2.35. The van der Waals surface area contributed by atoms with E-state index in [4.69, 9.17) is 16.3 Å². The predicted molar refractivity (Wildman–Crippen MR) is 140 cm³/mol. The first-order valence-electron chi connectivity index (χ1n) is 11.8. The smallest absolute Gasteiger partial charge is 0.342 e. The molecular weight excluding hydrogens is 536 g/mol. The van der Waals surface area contributed by atoms with E-state index in [2.05, 4.69) is 0 Å². The summed E-state index contributed by atoms with van der Waals surface area (Å²) >= 11 is 6.21. The van der Waals surface area contributed by atoms with Crippen LogP contribution in [0.4, 0.5) is 8.78 Å². The Kier molecular flexibility index (Phi) is 7.58. The van der Waals surface area contributed by atoms with Gasteiger partial charge in [0.15, 0.2) is 0 Å². The Labute approximate surface area is 225 Å². The van der Waals surface area contributed by atoms with Gasteiger partial charge in [-0.05, 0) is 49.7 Å². The number of nitrogens with zero attached hydrogens (tertiary/aromatic N) is 3. The number of carbonyl (C=O) groups is 2. The summed E-state index contributed by atoms with van der Waals surface area (Å²) in [5.74, 6) is -2.82. The third kappa shape index (κ3) is 5.84. The summed E-state index contributed by atoms with van der Waals surface area (Å²) in [4.78, 5) is 50.9. The van der Waals surface area contributed by atoms with E-state index >= 15 is 0 Å². The van der Waals surface area contributed by atoms with Gasteiger partial charge in [0, 0.05) is 24.8 Å². The third-order valence-electron chi connectivity index (χ3n) is 5.87. The molecule has 0 radical (unpaired) electrons. The summed E-state index contributed by atoms with van der Waals surface area (Å²) in [6.07, 6.45) is 1.04. The average molecular weight is 560 g/mol. The summed E-state index contributed by atoms with van der Waals surface area (Å²) < 4.78 is 35.4. The van der Waals surface area contributed by atoms with Crippen LogP contribution in [0.5, 0.6) is 5.75 Å². The number of hydrogen-bond acceptors (Lipinski definition) is 6. The minimum atomic E-state index is -1.39. The molecule has 0 aliphatic heterocycles. The van der Waals surface area contributed by atoms with E-state index in [0.29, 0.717) is 5.56 Å². The SMILES string of the molecule is CC(=O)n1c(=O)n(C(=O)CC(C)(C)O)c2cc(Cn3ccc(OCc4ccc(F)cc4F)c(Cl)c3=O)ccc21. The summed E-state index contributed by atoms with van der Waals surface area (Å²) in [6.45, 7) is 3.74.